The number of halogens is 1. The highest BCUT2D eigenvalue weighted by atomic mass is 19.1. The van der Waals surface area contributed by atoms with Gasteiger partial charge in [-0.15, -0.1) is 5.10 Å². The monoisotopic (exact) mass is 251 g/mol. The molecule has 1 aromatic carbocycles. The van der Waals surface area contributed by atoms with E-state index in [1.807, 2.05) is 0 Å². The molecule has 2 aromatic rings. The van der Waals surface area contributed by atoms with Gasteiger partial charge in [-0.1, -0.05) is 18.2 Å². The van der Waals surface area contributed by atoms with E-state index in [1.165, 1.54) is 12.1 Å². The maximum atomic E-state index is 13.8. The van der Waals surface area contributed by atoms with Crippen molar-refractivity contribution >= 4 is 11.5 Å². The molecule has 0 amide bonds. The lowest BCUT2D eigenvalue weighted by Crippen LogP contribution is -2.08. The fraction of sp³-hybridized carbons (Fsp3) is 0.200. The molecule has 0 aliphatic rings. The number of benzene rings is 1. The number of hydrogen-bond acceptors (Lipinski definition) is 5. The molecule has 8 heteroatoms. The summed E-state index contributed by atoms with van der Waals surface area (Å²) in [7, 11) is 0. The van der Waals surface area contributed by atoms with Gasteiger partial charge in [-0.3, -0.25) is 10.1 Å². The van der Waals surface area contributed by atoms with Crippen molar-refractivity contribution in [2.75, 3.05) is 5.73 Å². The summed E-state index contributed by atoms with van der Waals surface area (Å²) < 4.78 is 14.9. The molecule has 7 nitrogen and oxygen atoms in total. The van der Waals surface area contributed by atoms with Crippen molar-refractivity contribution < 1.29 is 9.31 Å². The molecule has 2 rings (SSSR count). The minimum Gasteiger partial charge on any atom is -0.381 e. The molecule has 0 radical (unpaired) electrons. The zero-order valence-electron chi connectivity index (χ0n) is 9.50. The molecule has 0 aliphatic heterocycles. The second-order valence-electron chi connectivity index (χ2n) is 3.55. The van der Waals surface area contributed by atoms with E-state index < -0.39 is 10.7 Å². The molecule has 0 spiro atoms. The summed E-state index contributed by atoms with van der Waals surface area (Å²) in [5.41, 5.74) is 5.39. The van der Waals surface area contributed by atoms with Crippen molar-refractivity contribution in [2.24, 2.45) is 0 Å². The molecule has 1 aromatic heterocycles. The zero-order chi connectivity index (χ0) is 13.3. The van der Waals surface area contributed by atoms with Crippen LogP contribution in [0.2, 0.25) is 0 Å². The van der Waals surface area contributed by atoms with E-state index in [1.54, 1.807) is 6.92 Å². The average Bonchev–Trinajstić information content (AvgIpc) is 2.69. The molecule has 0 fully saturated rings. The first kappa shape index (κ1) is 12.0. The highest BCUT2D eigenvalue weighted by molar-refractivity contribution is 5.55. The maximum absolute atomic E-state index is 13.8. The standard InChI is InChI=1S/C10H10FN5O2/c1-2-7-10(12)13-14-15(7)9-6(11)4-3-5-8(9)16(17)18/h3-5H,2,12H2,1H3. The van der Waals surface area contributed by atoms with Gasteiger partial charge in [0, 0.05) is 6.07 Å². The quantitative estimate of drug-likeness (QED) is 0.657. The number of nitrogens with two attached hydrogens (primary N) is 1. The topological polar surface area (TPSA) is 99.9 Å². The lowest BCUT2D eigenvalue weighted by atomic mass is 10.2. The fourth-order valence-corrected chi connectivity index (χ4v) is 1.68. The van der Waals surface area contributed by atoms with Crippen LogP contribution in [0, 0.1) is 15.9 Å². The van der Waals surface area contributed by atoms with E-state index >= 15 is 0 Å². The van der Waals surface area contributed by atoms with Gasteiger partial charge >= 0.3 is 0 Å². The molecule has 1 heterocycles. The van der Waals surface area contributed by atoms with Gasteiger partial charge in [0.2, 0.25) is 0 Å². The molecule has 2 N–H and O–H groups in total. The van der Waals surface area contributed by atoms with E-state index in [-0.39, 0.29) is 17.2 Å². The SMILES string of the molecule is CCc1c(N)nnn1-c1c(F)cccc1[N+](=O)[O-]. The highest BCUT2D eigenvalue weighted by Gasteiger charge is 2.23. The summed E-state index contributed by atoms with van der Waals surface area (Å²) in [6.45, 7) is 1.78. The van der Waals surface area contributed by atoms with Crippen molar-refractivity contribution in [3.8, 4) is 5.69 Å². The Bertz CT molecular complexity index is 610. The fourth-order valence-electron chi connectivity index (χ4n) is 1.68. The lowest BCUT2D eigenvalue weighted by Gasteiger charge is -2.06. The Morgan fingerprint density at radius 2 is 2.28 bits per heavy atom. The van der Waals surface area contributed by atoms with Crippen molar-refractivity contribution in [3.63, 3.8) is 0 Å². The van der Waals surface area contributed by atoms with Gasteiger partial charge < -0.3 is 5.73 Å². The van der Waals surface area contributed by atoms with Crippen LogP contribution in [0.1, 0.15) is 12.6 Å². The number of anilines is 1. The zero-order valence-corrected chi connectivity index (χ0v) is 9.50. The number of rotatable bonds is 3. The molecule has 0 saturated carbocycles. The van der Waals surface area contributed by atoms with E-state index in [0.29, 0.717) is 12.1 Å². The maximum Gasteiger partial charge on any atom is 0.297 e. The molecule has 0 saturated heterocycles. The van der Waals surface area contributed by atoms with Crippen LogP contribution in [0.15, 0.2) is 18.2 Å². The summed E-state index contributed by atoms with van der Waals surface area (Å²) >= 11 is 0. The summed E-state index contributed by atoms with van der Waals surface area (Å²) in [6.07, 6.45) is 0.435. The second-order valence-corrected chi connectivity index (χ2v) is 3.55. The van der Waals surface area contributed by atoms with Crippen molar-refractivity contribution in [3.05, 3.63) is 39.8 Å². The van der Waals surface area contributed by atoms with Crippen molar-refractivity contribution in [1.29, 1.82) is 0 Å². The first-order valence-electron chi connectivity index (χ1n) is 5.19. The third kappa shape index (κ3) is 1.77. The van der Waals surface area contributed by atoms with Crippen molar-refractivity contribution in [1.82, 2.24) is 15.0 Å². The molecule has 0 atom stereocenters. The van der Waals surface area contributed by atoms with Gasteiger partial charge in [0.15, 0.2) is 17.3 Å². The molecule has 0 aliphatic carbocycles. The number of para-hydroxylation sites is 1. The van der Waals surface area contributed by atoms with Crippen LogP contribution in [-0.2, 0) is 6.42 Å². The third-order valence-electron chi connectivity index (χ3n) is 2.50. The number of nitro benzene ring substituents is 1. The number of nitrogens with zero attached hydrogens (tertiary/aromatic N) is 4. The first-order chi connectivity index (χ1) is 8.56. The van der Waals surface area contributed by atoms with E-state index in [4.69, 9.17) is 5.73 Å². The Balaban J connectivity index is 2.74. The summed E-state index contributed by atoms with van der Waals surface area (Å²) in [6, 6.07) is 3.60. The third-order valence-corrected chi connectivity index (χ3v) is 2.50. The van der Waals surface area contributed by atoms with Gasteiger partial charge in [0.25, 0.3) is 5.69 Å². The van der Waals surface area contributed by atoms with Crippen LogP contribution in [-0.4, -0.2) is 19.9 Å². The largest absolute Gasteiger partial charge is 0.381 e. The average molecular weight is 251 g/mol. The Morgan fingerprint density at radius 3 is 2.89 bits per heavy atom. The van der Waals surface area contributed by atoms with E-state index in [0.717, 1.165) is 10.7 Å². The molecular formula is C10H10FN5O2. The lowest BCUT2D eigenvalue weighted by molar-refractivity contribution is -0.384. The van der Waals surface area contributed by atoms with Crippen LogP contribution in [0.25, 0.3) is 5.69 Å². The van der Waals surface area contributed by atoms with Crippen LogP contribution < -0.4 is 5.73 Å². The van der Waals surface area contributed by atoms with Crippen molar-refractivity contribution in [2.45, 2.75) is 13.3 Å². The van der Waals surface area contributed by atoms with E-state index in [9.17, 15) is 14.5 Å². The Labute approximate surface area is 101 Å². The smallest absolute Gasteiger partial charge is 0.297 e. The summed E-state index contributed by atoms with van der Waals surface area (Å²) in [5, 5.41) is 18.2. The van der Waals surface area contributed by atoms with Gasteiger partial charge in [-0.2, -0.15) is 0 Å². The van der Waals surface area contributed by atoms with Gasteiger partial charge in [-0.25, -0.2) is 9.07 Å². The predicted octanol–water partition coefficient (Wildman–Crippen LogP) is 1.46. The minimum atomic E-state index is -0.746. The summed E-state index contributed by atoms with van der Waals surface area (Å²) in [4.78, 5) is 10.2. The number of nitro groups is 1. The van der Waals surface area contributed by atoms with Crippen LogP contribution in [0.5, 0.6) is 0 Å². The Morgan fingerprint density at radius 1 is 1.56 bits per heavy atom. The number of nitrogen functional groups attached to an aromatic ring is 1. The number of aromatic nitrogens is 3. The minimum absolute atomic E-state index is 0.134. The molecule has 94 valence electrons. The van der Waals surface area contributed by atoms with Gasteiger partial charge in [-0.05, 0) is 12.5 Å². The molecular weight excluding hydrogens is 241 g/mol. The first-order valence-corrected chi connectivity index (χ1v) is 5.19. The molecule has 0 bridgehead atoms. The highest BCUT2D eigenvalue weighted by Crippen LogP contribution is 2.27. The van der Waals surface area contributed by atoms with Gasteiger partial charge in [0.05, 0.1) is 10.6 Å². The number of hydrogen-bond donors (Lipinski definition) is 1. The van der Waals surface area contributed by atoms with Crippen LogP contribution >= 0.6 is 0 Å². The van der Waals surface area contributed by atoms with Crippen LogP contribution in [0.4, 0.5) is 15.9 Å². The van der Waals surface area contributed by atoms with E-state index in [2.05, 4.69) is 10.3 Å². The normalized spacial score (nSPS) is 10.6. The Hall–Kier alpha value is -2.51. The van der Waals surface area contributed by atoms with Gasteiger partial charge in [0.1, 0.15) is 0 Å². The second kappa shape index (κ2) is 4.40. The molecule has 0 unspecified atom stereocenters. The predicted molar refractivity (Wildman–Crippen MR) is 61.8 cm³/mol. The Kier molecular flexibility index (Phi) is 2.92. The summed E-state index contributed by atoms with van der Waals surface area (Å²) in [5.74, 6) is -0.612. The van der Waals surface area contributed by atoms with Crippen LogP contribution in [0.3, 0.4) is 0 Å². The molecule has 18 heavy (non-hydrogen) atoms.